The molecular formula is C22H23ClN2O3. The zero-order valence-electron chi connectivity index (χ0n) is 15.8. The first kappa shape index (κ1) is 20.1. The number of carbonyl (C=O) groups is 1. The number of carboxylic acid groups (broad SMARTS) is 1. The summed E-state index contributed by atoms with van der Waals surface area (Å²) in [6.45, 7) is 4.28. The van der Waals surface area contributed by atoms with Crippen LogP contribution < -0.4 is 0 Å². The van der Waals surface area contributed by atoms with Crippen molar-refractivity contribution in [2.24, 2.45) is 5.16 Å². The van der Waals surface area contributed by atoms with E-state index < -0.39 is 5.97 Å². The molecule has 3 rings (SSSR count). The van der Waals surface area contributed by atoms with Crippen LogP contribution in [0.5, 0.6) is 0 Å². The largest absolute Gasteiger partial charge is 0.478 e. The monoisotopic (exact) mass is 398 g/mol. The Hall–Kier alpha value is -2.63. The quantitative estimate of drug-likeness (QED) is 0.432. The Morgan fingerprint density at radius 2 is 2.07 bits per heavy atom. The smallest absolute Gasteiger partial charge is 0.332 e. The first-order chi connectivity index (χ1) is 13.5. The maximum absolute atomic E-state index is 11.1. The number of aryl methyl sites for hydroxylation is 1. The fraction of sp³-hybridized carbons (Fsp3) is 0.273. The second-order valence-electron chi connectivity index (χ2n) is 6.70. The van der Waals surface area contributed by atoms with E-state index in [1.807, 2.05) is 55.5 Å². The van der Waals surface area contributed by atoms with Gasteiger partial charge in [-0.3, -0.25) is 4.90 Å². The van der Waals surface area contributed by atoms with Crippen LogP contribution in [-0.2, 0) is 9.63 Å². The third-order valence-electron chi connectivity index (χ3n) is 4.66. The minimum atomic E-state index is -0.855. The maximum Gasteiger partial charge on any atom is 0.332 e. The van der Waals surface area contributed by atoms with Crippen LogP contribution in [0.3, 0.4) is 0 Å². The fourth-order valence-electron chi connectivity index (χ4n) is 3.16. The van der Waals surface area contributed by atoms with Crippen molar-refractivity contribution >= 4 is 23.3 Å². The molecule has 0 amide bonds. The van der Waals surface area contributed by atoms with E-state index in [1.54, 1.807) is 6.08 Å². The van der Waals surface area contributed by atoms with E-state index in [0.717, 1.165) is 35.4 Å². The van der Waals surface area contributed by atoms with Crippen molar-refractivity contribution in [2.75, 3.05) is 26.2 Å². The number of halogens is 1. The average Bonchev–Trinajstić information content (AvgIpc) is 2.69. The van der Waals surface area contributed by atoms with Gasteiger partial charge in [0.15, 0.2) is 0 Å². The summed E-state index contributed by atoms with van der Waals surface area (Å²) in [5.41, 5.74) is 4.13. The molecule has 0 atom stereocenters. The van der Waals surface area contributed by atoms with Crippen molar-refractivity contribution in [3.8, 4) is 0 Å². The van der Waals surface area contributed by atoms with Crippen LogP contribution in [0.1, 0.15) is 23.1 Å². The predicted molar refractivity (Wildman–Crippen MR) is 111 cm³/mol. The summed E-state index contributed by atoms with van der Waals surface area (Å²) in [6.07, 6.45) is 2.52. The van der Waals surface area contributed by atoms with Crippen LogP contribution in [-0.4, -0.2) is 47.9 Å². The first-order valence-electron chi connectivity index (χ1n) is 9.21. The molecule has 0 bridgehead atoms. The number of hydrogen-bond donors (Lipinski definition) is 1. The zero-order chi connectivity index (χ0) is 19.9. The highest BCUT2D eigenvalue weighted by atomic mass is 35.5. The van der Waals surface area contributed by atoms with E-state index in [9.17, 15) is 4.79 Å². The highest BCUT2D eigenvalue weighted by molar-refractivity contribution is 6.31. The lowest BCUT2D eigenvalue weighted by Crippen LogP contribution is -2.34. The molecule has 2 aromatic rings. The maximum atomic E-state index is 11.1. The third kappa shape index (κ3) is 5.21. The van der Waals surface area contributed by atoms with Gasteiger partial charge in [-0.1, -0.05) is 59.2 Å². The van der Waals surface area contributed by atoms with Gasteiger partial charge in [-0.25, -0.2) is 4.79 Å². The summed E-state index contributed by atoms with van der Waals surface area (Å²) in [4.78, 5) is 18.8. The lowest BCUT2D eigenvalue weighted by molar-refractivity contribution is -0.133. The van der Waals surface area contributed by atoms with Gasteiger partial charge in [0.25, 0.3) is 0 Å². The Bertz CT molecular complexity index is 908. The number of aliphatic carboxylic acids is 1. The van der Waals surface area contributed by atoms with Gasteiger partial charge in [0.2, 0.25) is 0 Å². The Kier molecular flexibility index (Phi) is 6.85. The predicted octanol–water partition coefficient (Wildman–Crippen LogP) is 4.13. The van der Waals surface area contributed by atoms with Crippen molar-refractivity contribution in [2.45, 2.75) is 13.3 Å². The molecule has 0 aromatic heterocycles. The Balaban J connectivity index is 1.71. The highest BCUT2D eigenvalue weighted by Crippen LogP contribution is 2.18. The van der Waals surface area contributed by atoms with Crippen LogP contribution >= 0.6 is 11.6 Å². The van der Waals surface area contributed by atoms with Crippen LogP contribution in [0.4, 0.5) is 0 Å². The number of nitrogens with zero attached hydrogens (tertiary/aromatic N) is 2. The van der Waals surface area contributed by atoms with E-state index in [2.05, 4.69) is 10.1 Å². The van der Waals surface area contributed by atoms with Crippen LogP contribution in [0.2, 0.25) is 5.02 Å². The highest BCUT2D eigenvalue weighted by Gasteiger charge is 2.17. The topological polar surface area (TPSA) is 62.1 Å². The van der Waals surface area contributed by atoms with Gasteiger partial charge in [0.05, 0.1) is 0 Å². The number of oxime groups is 1. The Morgan fingerprint density at radius 1 is 1.25 bits per heavy atom. The van der Waals surface area contributed by atoms with Crippen molar-refractivity contribution in [3.05, 3.63) is 81.9 Å². The molecule has 0 saturated heterocycles. The van der Waals surface area contributed by atoms with Crippen LogP contribution in [0.15, 0.2) is 65.3 Å². The minimum absolute atomic E-state index is 0.378. The SMILES string of the molecule is Cc1ccccc1/C(=N/OCCN1CCC=C(C(=O)O)C1)c1cccc(Cl)c1. The molecule has 6 heteroatoms. The molecule has 1 N–H and O–H groups in total. The van der Waals surface area contributed by atoms with Crippen molar-refractivity contribution in [1.29, 1.82) is 0 Å². The average molecular weight is 399 g/mol. The molecule has 0 unspecified atom stereocenters. The Labute approximate surface area is 169 Å². The van der Waals surface area contributed by atoms with E-state index in [1.165, 1.54) is 0 Å². The van der Waals surface area contributed by atoms with Gasteiger partial charge in [0.1, 0.15) is 12.3 Å². The van der Waals surface area contributed by atoms with E-state index >= 15 is 0 Å². The standard InChI is InChI=1S/C22H23ClN2O3/c1-16-6-2-3-10-20(16)21(17-7-4-9-19(23)14-17)24-28-13-12-25-11-5-8-18(15-25)22(26)27/h2-4,6-10,14H,5,11-13,15H2,1H3,(H,26,27)/b24-21+. The van der Waals surface area contributed by atoms with E-state index in [-0.39, 0.29) is 0 Å². The molecule has 0 saturated carbocycles. The fourth-order valence-corrected chi connectivity index (χ4v) is 3.35. The molecule has 2 aromatic carbocycles. The second-order valence-corrected chi connectivity index (χ2v) is 7.13. The van der Waals surface area contributed by atoms with Gasteiger partial charge in [-0.05, 0) is 31.0 Å². The number of hydrogen-bond acceptors (Lipinski definition) is 4. The lowest BCUT2D eigenvalue weighted by atomic mass is 9.98. The van der Waals surface area contributed by atoms with Crippen LogP contribution in [0, 0.1) is 6.92 Å². The molecule has 146 valence electrons. The van der Waals surface area contributed by atoms with Gasteiger partial charge < -0.3 is 9.94 Å². The van der Waals surface area contributed by atoms with Crippen molar-refractivity contribution in [1.82, 2.24) is 4.90 Å². The van der Waals surface area contributed by atoms with E-state index in [4.69, 9.17) is 21.5 Å². The number of benzene rings is 2. The molecule has 28 heavy (non-hydrogen) atoms. The van der Waals surface area contributed by atoms with Gasteiger partial charge in [-0.2, -0.15) is 0 Å². The van der Waals surface area contributed by atoms with Crippen molar-refractivity contribution < 1.29 is 14.7 Å². The molecule has 1 aliphatic rings. The molecule has 0 fully saturated rings. The Morgan fingerprint density at radius 3 is 2.82 bits per heavy atom. The van der Waals surface area contributed by atoms with Crippen LogP contribution in [0.25, 0.3) is 0 Å². The summed E-state index contributed by atoms with van der Waals surface area (Å²) in [7, 11) is 0. The van der Waals surface area contributed by atoms with Crippen molar-refractivity contribution in [3.63, 3.8) is 0 Å². The molecule has 0 aliphatic carbocycles. The zero-order valence-corrected chi connectivity index (χ0v) is 16.5. The van der Waals surface area contributed by atoms with Gasteiger partial charge in [0, 0.05) is 41.4 Å². The number of carboxylic acids is 1. The van der Waals surface area contributed by atoms with Gasteiger partial charge in [-0.15, -0.1) is 0 Å². The summed E-state index contributed by atoms with van der Waals surface area (Å²) < 4.78 is 0. The van der Waals surface area contributed by atoms with Gasteiger partial charge >= 0.3 is 5.97 Å². The minimum Gasteiger partial charge on any atom is -0.478 e. The second kappa shape index (κ2) is 9.53. The summed E-state index contributed by atoms with van der Waals surface area (Å²) in [5, 5.41) is 14.2. The molecule has 1 aliphatic heterocycles. The third-order valence-corrected chi connectivity index (χ3v) is 4.89. The first-order valence-corrected chi connectivity index (χ1v) is 9.59. The molecular weight excluding hydrogens is 376 g/mol. The molecule has 0 spiro atoms. The lowest BCUT2D eigenvalue weighted by Gasteiger charge is -2.24. The molecule has 0 radical (unpaired) electrons. The number of rotatable bonds is 7. The summed E-state index contributed by atoms with van der Waals surface area (Å²) in [6, 6.07) is 15.5. The molecule has 5 nitrogen and oxygen atoms in total. The summed E-state index contributed by atoms with van der Waals surface area (Å²) >= 11 is 6.16. The summed E-state index contributed by atoms with van der Waals surface area (Å²) in [5.74, 6) is -0.855. The molecule has 1 heterocycles. The van der Waals surface area contributed by atoms with E-state index in [0.29, 0.717) is 30.3 Å². The normalized spacial score (nSPS) is 15.2.